The van der Waals surface area contributed by atoms with Gasteiger partial charge in [-0.25, -0.2) is 0 Å². The number of hydrogen-bond donors (Lipinski definition) is 1. The lowest BCUT2D eigenvalue weighted by atomic mass is 10.2. The van der Waals surface area contributed by atoms with Crippen molar-refractivity contribution >= 4 is 17.1 Å². The predicted molar refractivity (Wildman–Crippen MR) is 49.2 cm³/mol. The molecular weight excluding hydrogens is 247 g/mol. The van der Waals surface area contributed by atoms with E-state index in [-0.39, 0.29) is 0 Å². The van der Waals surface area contributed by atoms with Crippen molar-refractivity contribution in [3.05, 3.63) is 37.7 Å². The summed E-state index contributed by atoms with van der Waals surface area (Å²) in [6, 6.07) is 0. The molecule has 10 heteroatoms. The molecular formula is C7H4F3N3O4. The van der Waals surface area contributed by atoms with E-state index < -0.39 is 44.4 Å². The van der Waals surface area contributed by atoms with Crippen molar-refractivity contribution in [3.63, 3.8) is 0 Å². The maximum atomic E-state index is 13.1. The second-order valence-electron chi connectivity index (χ2n) is 2.78. The van der Waals surface area contributed by atoms with E-state index in [1.54, 1.807) is 0 Å². The van der Waals surface area contributed by atoms with Crippen LogP contribution in [0.25, 0.3) is 0 Å². The second-order valence-corrected chi connectivity index (χ2v) is 2.78. The van der Waals surface area contributed by atoms with E-state index in [9.17, 15) is 33.4 Å². The van der Waals surface area contributed by atoms with Gasteiger partial charge in [-0.1, -0.05) is 0 Å². The number of halogens is 3. The van der Waals surface area contributed by atoms with Crippen LogP contribution in [-0.4, -0.2) is 16.9 Å². The Balaban J connectivity index is 3.85. The van der Waals surface area contributed by atoms with Crippen molar-refractivity contribution in [2.45, 2.75) is 0 Å². The molecule has 0 radical (unpaired) electrons. The van der Waals surface area contributed by atoms with E-state index >= 15 is 0 Å². The summed E-state index contributed by atoms with van der Waals surface area (Å²) in [6.07, 6.45) is 0. The molecule has 0 aliphatic carbocycles. The zero-order valence-electron chi connectivity index (χ0n) is 8.16. The van der Waals surface area contributed by atoms with Crippen LogP contribution in [0.4, 0.5) is 30.2 Å². The fourth-order valence-electron chi connectivity index (χ4n) is 1.22. The van der Waals surface area contributed by atoms with Gasteiger partial charge in [-0.3, -0.25) is 20.2 Å². The highest BCUT2D eigenvalue weighted by Crippen LogP contribution is 2.39. The van der Waals surface area contributed by atoms with Gasteiger partial charge >= 0.3 is 11.4 Å². The van der Waals surface area contributed by atoms with Gasteiger partial charge in [-0.05, 0) is 0 Å². The van der Waals surface area contributed by atoms with Gasteiger partial charge in [0.25, 0.3) is 0 Å². The second kappa shape index (κ2) is 4.23. The standard InChI is InChI=1S/C7H4F3N3O4/c1-11-5-6(12(14)15)3(9)2(8)4(10)7(5)13(16)17/h11H,1H3. The summed E-state index contributed by atoms with van der Waals surface area (Å²) in [7, 11) is 0.978. The number of nitrogens with one attached hydrogen (secondary N) is 1. The minimum Gasteiger partial charge on any atom is -0.377 e. The third kappa shape index (κ3) is 1.84. The van der Waals surface area contributed by atoms with Crippen LogP contribution >= 0.6 is 0 Å². The normalized spacial score (nSPS) is 10.1. The van der Waals surface area contributed by atoms with E-state index in [1.165, 1.54) is 0 Å². The van der Waals surface area contributed by atoms with E-state index in [1.807, 2.05) is 5.32 Å². The first-order chi connectivity index (χ1) is 7.82. The van der Waals surface area contributed by atoms with Crippen LogP contribution in [0.1, 0.15) is 0 Å². The van der Waals surface area contributed by atoms with Gasteiger partial charge < -0.3 is 5.32 Å². The highest BCUT2D eigenvalue weighted by atomic mass is 19.2. The first-order valence-electron chi connectivity index (χ1n) is 3.99. The lowest BCUT2D eigenvalue weighted by molar-refractivity contribution is -0.396. The largest absolute Gasteiger partial charge is 0.377 e. The molecule has 0 amide bonds. The molecule has 0 fully saturated rings. The van der Waals surface area contributed by atoms with Crippen molar-refractivity contribution in [3.8, 4) is 0 Å². The minimum absolute atomic E-state index is 0.978. The maximum Gasteiger partial charge on any atom is 0.338 e. The van der Waals surface area contributed by atoms with E-state index in [2.05, 4.69) is 0 Å². The fraction of sp³-hybridized carbons (Fsp3) is 0.143. The van der Waals surface area contributed by atoms with Gasteiger partial charge in [0.15, 0.2) is 5.69 Å². The van der Waals surface area contributed by atoms with Crippen molar-refractivity contribution in [2.75, 3.05) is 12.4 Å². The molecule has 0 aromatic heterocycles. The Morgan fingerprint density at radius 2 is 1.29 bits per heavy atom. The monoisotopic (exact) mass is 251 g/mol. The fourth-order valence-corrected chi connectivity index (χ4v) is 1.22. The van der Waals surface area contributed by atoms with Gasteiger partial charge in [0.05, 0.1) is 9.85 Å². The van der Waals surface area contributed by atoms with Crippen LogP contribution in [0.3, 0.4) is 0 Å². The predicted octanol–water partition coefficient (Wildman–Crippen LogP) is 1.96. The Labute approximate surface area is 91.1 Å². The summed E-state index contributed by atoms with van der Waals surface area (Å²) in [5.74, 6) is -6.45. The summed E-state index contributed by atoms with van der Waals surface area (Å²) in [4.78, 5) is 18.2. The molecule has 1 N–H and O–H groups in total. The van der Waals surface area contributed by atoms with E-state index in [0.717, 1.165) is 7.05 Å². The number of nitrogens with zero attached hydrogens (tertiary/aromatic N) is 2. The highest BCUT2D eigenvalue weighted by Gasteiger charge is 2.37. The summed E-state index contributed by atoms with van der Waals surface area (Å²) in [6.45, 7) is 0. The number of hydrogen-bond acceptors (Lipinski definition) is 5. The van der Waals surface area contributed by atoms with Gasteiger partial charge in [0.2, 0.25) is 17.5 Å². The molecule has 0 bridgehead atoms. The molecule has 0 spiro atoms. The summed E-state index contributed by atoms with van der Waals surface area (Å²) < 4.78 is 39.1. The number of benzene rings is 1. The zero-order chi connectivity index (χ0) is 13.3. The maximum absolute atomic E-state index is 13.1. The minimum atomic E-state index is -2.26. The Hall–Kier alpha value is -2.39. The van der Waals surface area contributed by atoms with Crippen molar-refractivity contribution < 1.29 is 23.0 Å². The topological polar surface area (TPSA) is 98.3 Å². The third-order valence-corrected chi connectivity index (χ3v) is 1.89. The molecule has 0 atom stereocenters. The van der Waals surface area contributed by atoms with Gasteiger partial charge in [0, 0.05) is 7.05 Å². The zero-order valence-corrected chi connectivity index (χ0v) is 8.16. The molecule has 1 aromatic rings. The van der Waals surface area contributed by atoms with Gasteiger partial charge in [0.1, 0.15) is 0 Å². The first-order valence-corrected chi connectivity index (χ1v) is 3.99. The van der Waals surface area contributed by atoms with Gasteiger partial charge in [-0.15, -0.1) is 0 Å². The average Bonchev–Trinajstić information content (AvgIpc) is 2.23. The van der Waals surface area contributed by atoms with Crippen molar-refractivity contribution in [2.24, 2.45) is 0 Å². The first kappa shape index (κ1) is 12.7. The Morgan fingerprint density at radius 1 is 0.941 bits per heavy atom. The van der Waals surface area contributed by atoms with Crippen LogP contribution in [-0.2, 0) is 0 Å². The average molecular weight is 251 g/mol. The van der Waals surface area contributed by atoms with Crippen molar-refractivity contribution in [1.82, 2.24) is 0 Å². The van der Waals surface area contributed by atoms with E-state index in [0.29, 0.717) is 0 Å². The molecule has 0 saturated carbocycles. The molecule has 0 aliphatic heterocycles. The van der Waals surface area contributed by atoms with Crippen LogP contribution in [0.5, 0.6) is 0 Å². The molecule has 7 nitrogen and oxygen atoms in total. The smallest absolute Gasteiger partial charge is 0.338 e. The summed E-state index contributed by atoms with van der Waals surface area (Å²) in [5.41, 5.74) is -4.06. The number of anilines is 1. The van der Waals surface area contributed by atoms with Crippen LogP contribution in [0.2, 0.25) is 0 Å². The summed E-state index contributed by atoms with van der Waals surface area (Å²) >= 11 is 0. The highest BCUT2D eigenvalue weighted by molar-refractivity contribution is 5.74. The molecule has 1 aromatic carbocycles. The SMILES string of the molecule is CNc1c([N+](=O)[O-])c(F)c(F)c(F)c1[N+](=O)[O-]. The molecule has 0 heterocycles. The lowest BCUT2D eigenvalue weighted by Crippen LogP contribution is -2.08. The van der Waals surface area contributed by atoms with Crippen LogP contribution < -0.4 is 5.32 Å². The molecule has 17 heavy (non-hydrogen) atoms. The summed E-state index contributed by atoms with van der Waals surface area (Å²) in [5, 5.41) is 22.8. The van der Waals surface area contributed by atoms with Crippen LogP contribution in [0, 0.1) is 37.7 Å². The van der Waals surface area contributed by atoms with Gasteiger partial charge in [-0.2, -0.15) is 13.2 Å². The van der Waals surface area contributed by atoms with Crippen LogP contribution in [0.15, 0.2) is 0 Å². The van der Waals surface area contributed by atoms with E-state index in [4.69, 9.17) is 0 Å². The lowest BCUT2D eigenvalue weighted by Gasteiger charge is -2.05. The number of nitro groups is 2. The Kier molecular flexibility index (Phi) is 3.16. The van der Waals surface area contributed by atoms with Crippen molar-refractivity contribution in [1.29, 1.82) is 0 Å². The molecule has 0 saturated heterocycles. The third-order valence-electron chi connectivity index (χ3n) is 1.89. The quantitative estimate of drug-likeness (QED) is 0.503. The Morgan fingerprint density at radius 3 is 1.53 bits per heavy atom. The number of rotatable bonds is 3. The molecule has 0 aliphatic rings. The Bertz CT molecular complexity index is 479. The number of nitro benzene ring substituents is 2. The molecule has 92 valence electrons. The molecule has 1 rings (SSSR count). The molecule has 0 unspecified atom stereocenters.